The van der Waals surface area contributed by atoms with Gasteiger partial charge in [0.1, 0.15) is 11.5 Å². The molecule has 0 radical (unpaired) electrons. The Hall–Kier alpha value is -4.67. The zero-order chi connectivity index (χ0) is 22.5. The van der Waals surface area contributed by atoms with E-state index >= 15 is 0 Å². The fraction of sp³-hybridized carbons (Fsp3) is 0.0952. The lowest BCUT2D eigenvalue weighted by atomic mass is 10.1. The summed E-state index contributed by atoms with van der Waals surface area (Å²) in [6.45, 7) is 0.286. The van der Waals surface area contributed by atoms with Crippen molar-refractivity contribution in [2.24, 2.45) is 0 Å². The van der Waals surface area contributed by atoms with Crippen LogP contribution in [0.3, 0.4) is 0 Å². The molecule has 162 valence electrons. The normalized spacial score (nSPS) is 10.6. The van der Waals surface area contributed by atoms with Crippen LogP contribution in [0.4, 0.5) is 22.2 Å². The van der Waals surface area contributed by atoms with Gasteiger partial charge in [0.15, 0.2) is 0 Å². The molecule has 11 heteroatoms. The molecule has 0 saturated heterocycles. The minimum atomic E-state index is -0.473. The lowest BCUT2D eigenvalue weighted by Gasteiger charge is -2.12. The molecule has 0 bridgehead atoms. The van der Waals surface area contributed by atoms with Crippen molar-refractivity contribution in [3.8, 4) is 0 Å². The minimum absolute atomic E-state index is 0.0270. The molecule has 3 heterocycles. The fourth-order valence-electron chi connectivity index (χ4n) is 3.11. The molecule has 3 amide bonds. The highest BCUT2D eigenvalue weighted by Gasteiger charge is 2.14. The van der Waals surface area contributed by atoms with E-state index in [1.54, 1.807) is 54.7 Å². The Bertz CT molecular complexity index is 1330. The summed E-state index contributed by atoms with van der Waals surface area (Å²) < 4.78 is 0. The number of fused-ring (bicyclic) bond motifs is 1. The van der Waals surface area contributed by atoms with Crippen LogP contribution >= 0.6 is 0 Å². The molecule has 0 aliphatic heterocycles. The number of nitrogens with one attached hydrogen (secondary N) is 5. The zero-order valence-electron chi connectivity index (χ0n) is 16.8. The van der Waals surface area contributed by atoms with Crippen molar-refractivity contribution in [1.82, 2.24) is 25.3 Å². The van der Waals surface area contributed by atoms with Gasteiger partial charge in [-0.3, -0.25) is 14.6 Å². The lowest BCUT2D eigenvalue weighted by molar-refractivity contribution is 0.102. The number of nitrogen functional groups attached to an aromatic ring is 1. The summed E-state index contributed by atoms with van der Waals surface area (Å²) in [6, 6.07) is 13.0. The second kappa shape index (κ2) is 9.00. The van der Waals surface area contributed by atoms with Crippen LogP contribution < -0.4 is 27.2 Å². The van der Waals surface area contributed by atoms with Gasteiger partial charge in [0.25, 0.3) is 11.5 Å². The Morgan fingerprint density at radius 1 is 1.03 bits per heavy atom. The standard InChI is InChI=1S/C21H20N8O3/c22-20-28-17-14(19(31)29-20)11-12(25-17)8-10-24-21(32)26-15-6-2-1-5-13(15)18(30)27-16-7-3-4-9-23-16/h1-7,9,11H,8,10H2,(H,23,27,30)(H2,24,26,32)(H4,22,25,28,29,31). The highest BCUT2D eigenvalue weighted by atomic mass is 16.2. The van der Waals surface area contributed by atoms with Crippen molar-refractivity contribution in [3.05, 3.63) is 76.3 Å². The van der Waals surface area contributed by atoms with Gasteiger partial charge in [-0.05, 0) is 30.3 Å². The number of anilines is 3. The SMILES string of the molecule is Nc1nc2[nH]c(CCNC(=O)Nc3ccccc3C(=O)Nc3ccccn3)cc2c(=O)[nH]1. The average Bonchev–Trinajstić information content (AvgIpc) is 3.18. The number of nitrogens with two attached hydrogens (primary N) is 1. The molecule has 4 rings (SSSR count). The molecule has 0 aliphatic rings. The molecule has 4 aromatic rings. The molecule has 0 saturated carbocycles. The molecular formula is C21H20N8O3. The number of carbonyl (C=O) groups excluding carboxylic acids is 2. The number of nitrogens with zero attached hydrogens (tertiary/aromatic N) is 2. The number of aromatic nitrogens is 4. The van der Waals surface area contributed by atoms with Gasteiger partial charge in [-0.25, -0.2) is 9.78 Å². The van der Waals surface area contributed by atoms with Gasteiger partial charge in [0.05, 0.1) is 16.6 Å². The van der Waals surface area contributed by atoms with Gasteiger partial charge in [0.2, 0.25) is 5.95 Å². The number of amides is 3. The molecule has 7 N–H and O–H groups in total. The number of hydrogen-bond donors (Lipinski definition) is 6. The summed E-state index contributed by atoms with van der Waals surface area (Å²) in [7, 11) is 0. The van der Waals surface area contributed by atoms with Crippen LogP contribution in [0.1, 0.15) is 16.1 Å². The third-order valence-electron chi connectivity index (χ3n) is 4.58. The highest BCUT2D eigenvalue weighted by Crippen LogP contribution is 2.17. The second-order valence-corrected chi connectivity index (χ2v) is 6.85. The number of carbonyl (C=O) groups is 2. The summed E-state index contributed by atoms with van der Waals surface area (Å²) in [5, 5.41) is 8.49. The number of rotatable bonds is 6. The van der Waals surface area contributed by atoms with Crippen molar-refractivity contribution in [3.63, 3.8) is 0 Å². The van der Waals surface area contributed by atoms with E-state index in [2.05, 4.69) is 35.9 Å². The second-order valence-electron chi connectivity index (χ2n) is 6.85. The molecule has 0 spiro atoms. The maximum Gasteiger partial charge on any atom is 0.319 e. The molecule has 0 atom stereocenters. The van der Waals surface area contributed by atoms with Crippen LogP contribution in [0.2, 0.25) is 0 Å². The summed E-state index contributed by atoms with van der Waals surface area (Å²) >= 11 is 0. The Balaban J connectivity index is 1.36. The van der Waals surface area contributed by atoms with E-state index in [1.807, 2.05) is 0 Å². The highest BCUT2D eigenvalue weighted by molar-refractivity contribution is 6.09. The Kier molecular flexibility index (Phi) is 5.79. The Labute approximate surface area is 181 Å². The van der Waals surface area contributed by atoms with E-state index < -0.39 is 11.9 Å². The van der Waals surface area contributed by atoms with Crippen molar-refractivity contribution < 1.29 is 9.59 Å². The first-order chi connectivity index (χ1) is 15.5. The van der Waals surface area contributed by atoms with Crippen LogP contribution in [-0.2, 0) is 6.42 Å². The molecular weight excluding hydrogens is 412 g/mol. The first kappa shape index (κ1) is 20.6. The van der Waals surface area contributed by atoms with E-state index in [0.717, 1.165) is 5.69 Å². The van der Waals surface area contributed by atoms with E-state index in [-0.39, 0.29) is 18.1 Å². The van der Waals surface area contributed by atoms with Gasteiger partial charge in [-0.2, -0.15) is 4.98 Å². The monoisotopic (exact) mass is 432 g/mol. The number of para-hydroxylation sites is 1. The summed E-state index contributed by atoms with van der Waals surface area (Å²) in [5.74, 6) is 0.0407. The Morgan fingerprint density at radius 2 is 1.84 bits per heavy atom. The predicted molar refractivity (Wildman–Crippen MR) is 120 cm³/mol. The zero-order valence-corrected chi connectivity index (χ0v) is 16.8. The molecule has 1 aromatic carbocycles. The van der Waals surface area contributed by atoms with Gasteiger partial charge in [-0.15, -0.1) is 0 Å². The van der Waals surface area contributed by atoms with Crippen LogP contribution in [0, 0.1) is 0 Å². The van der Waals surface area contributed by atoms with Crippen molar-refractivity contribution in [2.75, 3.05) is 22.9 Å². The van der Waals surface area contributed by atoms with Gasteiger partial charge >= 0.3 is 6.03 Å². The van der Waals surface area contributed by atoms with Crippen LogP contribution in [0.15, 0.2) is 59.5 Å². The molecule has 0 fully saturated rings. The Morgan fingerprint density at radius 3 is 2.66 bits per heavy atom. The molecule has 32 heavy (non-hydrogen) atoms. The largest absolute Gasteiger partial charge is 0.369 e. The third kappa shape index (κ3) is 4.73. The predicted octanol–water partition coefficient (Wildman–Crippen LogP) is 1.84. The van der Waals surface area contributed by atoms with Crippen molar-refractivity contribution in [2.45, 2.75) is 6.42 Å². The number of aromatic amines is 2. The summed E-state index contributed by atoms with van der Waals surface area (Å²) in [4.78, 5) is 50.4. The number of hydrogen-bond acceptors (Lipinski definition) is 6. The summed E-state index contributed by atoms with van der Waals surface area (Å²) in [5.41, 5.74) is 6.97. The fourth-order valence-corrected chi connectivity index (χ4v) is 3.11. The first-order valence-corrected chi connectivity index (χ1v) is 9.73. The maximum atomic E-state index is 12.6. The summed E-state index contributed by atoms with van der Waals surface area (Å²) in [6.07, 6.45) is 2.01. The van der Waals surface area contributed by atoms with Crippen LogP contribution in [0.5, 0.6) is 0 Å². The molecule has 3 aromatic heterocycles. The number of urea groups is 1. The van der Waals surface area contributed by atoms with E-state index in [9.17, 15) is 14.4 Å². The molecule has 11 nitrogen and oxygen atoms in total. The van der Waals surface area contributed by atoms with Gasteiger partial charge < -0.3 is 26.7 Å². The number of benzene rings is 1. The first-order valence-electron chi connectivity index (χ1n) is 9.73. The topological polar surface area (TPSA) is 171 Å². The molecule has 0 unspecified atom stereocenters. The maximum absolute atomic E-state index is 12.6. The van der Waals surface area contributed by atoms with E-state index in [1.165, 1.54) is 0 Å². The van der Waals surface area contributed by atoms with Crippen molar-refractivity contribution >= 4 is 40.4 Å². The molecule has 0 aliphatic carbocycles. The van der Waals surface area contributed by atoms with Crippen LogP contribution in [-0.4, -0.2) is 38.4 Å². The van der Waals surface area contributed by atoms with Crippen LogP contribution in [0.25, 0.3) is 11.0 Å². The average molecular weight is 432 g/mol. The third-order valence-corrected chi connectivity index (χ3v) is 4.58. The van der Waals surface area contributed by atoms with Gasteiger partial charge in [0, 0.05) is 24.9 Å². The number of H-pyrrole nitrogens is 2. The van der Waals surface area contributed by atoms with Gasteiger partial charge in [-0.1, -0.05) is 18.2 Å². The van der Waals surface area contributed by atoms with E-state index in [0.29, 0.717) is 34.5 Å². The smallest absolute Gasteiger partial charge is 0.319 e. The number of pyridine rings is 1. The minimum Gasteiger partial charge on any atom is -0.369 e. The lowest BCUT2D eigenvalue weighted by Crippen LogP contribution is -2.31. The quantitative estimate of drug-likeness (QED) is 0.271. The van der Waals surface area contributed by atoms with Crippen molar-refractivity contribution in [1.29, 1.82) is 0 Å². The van der Waals surface area contributed by atoms with E-state index in [4.69, 9.17) is 5.73 Å².